The number of carbonyl (C=O) groups is 8. The van der Waals surface area contributed by atoms with E-state index in [1.165, 1.54) is 6.92 Å². The van der Waals surface area contributed by atoms with Gasteiger partial charge in [0, 0.05) is 41.6 Å². The van der Waals surface area contributed by atoms with Crippen molar-refractivity contribution in [2.24, 2.45) is 35.1 Å². The number of benzene rings is 1. The van der Waals surface area contributed by atoms with Crippen LogP contribution in [-0.2, 0) is 44.8 Å². The van der Waals surface area contributed by atoms with E-state index < -0.39 is 78.0 Å². The van der Waals surface area contributed by atoms with E-state index in [9.17, 15) is 43.5 Å². The number of hydrogen-bond acceptors (Lipinski definition) is 9. The van der Waals surface area contributed by atoms with Gasteiger partial charge in [-0.2, -0.15) is 0 Å². The van der Waals surface area contributed by atoms with Gasteiger partial charge in [0.1, 0.15) is 30.2 Å². The molecule has 55 heavy (non-hydrogen) atoms. The van der Waals surface area contributed by atoms with E-state index >= 15 is 0 Å². The van der Waals surface area contributed by atoms with E-state index in [-0.39, 0.29) is 48.0 Å². The quantitative estimate of drug-likeness (QED) is 0.0730. The van der Waals surface area contributed by atoms with Crippen LogP contribution in [0.5, 0.6) is 0 Å². The molecule has 0 spiro atoms. The van der Waals surface area contributed by atoms with Crippen LogP contribution in [0, 0.1) is 23.7 Å². The Labute approximate surface area is 324 Å². The van der Waals surface area contributed by atoms with Crippen LogP contribution in [0.2, 0.25) is 0 Å². The highest BCUT2D eigenvalue weighted by Gasteiger charge is 2.44. The third kappa shape index (κ3) is 13.9. The molecule has 1 aliphatic rings. The minimum Gasteiger partial charge on any atom is -0.481 e. The minimum atomic E-state index is -1.43. The fourth-order valence-corrected chi connectivity index (χ4v) is 7.05. The molecule has 1 aliphatic carbocycles. The van der Waals surface area contributed by atoms with Crippen molar-refractivity contribution in [2.45, 2.75) is 96.9 Å². The fraction of sp³-hybridized carbons (Fsp3) is 0.568. The molecule has 0 radical (unpaired) electrons. The highest BCUT2D eigenvalue weighted by Crippen LogP contribution is 2.43. The summed E-state index contributed by atoms with van der Waals surface area (Å²) in [5.41, 5.74) is 12.5. The predicted molar refractivity (Wildman–Crippen MR) is 206 cm³/mol. The summed E-state index contributed by atoms with van der Waals surface area (Å²) in [4.78, 5) is 104. The number of thioether (sulfide) groups is 1. The monoisotopic (exact) mass is 786 g/mol. The number of hydrogen-bond donors (Lipinski definition) is 9. The third-order valence-electron chi connectivity index (χ3n) is 9.26. The van der Waals surface area contributed by atoms with Crippen LogP contribution >= 0.6 is 11.8 Å². The Kier molecular flexibility index (Phi) is 16.5. The van der Waals surface area contributed by atoms with Crippen molar-refractivity contribution >= 4 is 70.0 Å². The first-order valence-corrected chi connectivity index (χ1v) is 19.5. The van der Waals surface area contributed by atoms with Crippen molar-refractivity contribution in [1.29, 1.82) is 0 Å². The number of aromatic nitrogens is 1. The molecule has 1 fully saturated rings. The van der Waals surface area contributed by atoms with E-state index in [2.05, 4.69) is 45.4 Å². The molecule has 3 rings (SSSR count). The Balaban J connectivity index is 1.67. The average Bonchev–Trinajstić information content (AvgIpc) is 3.75. The molecule has 1 heterocycles. The SMILES string of the molecule is CC(C)C[C@@H]1CC1C(=O)N[C@H](Cc1c[nH]c2ccccc12)C(=O)N[C@H](CCC(=O)O)C(=O)N[C@@H](CSCC(=O)NC(C)C(=O)N[C@@H](C(N)=O)C(C)C)C(N)=O. The summed E-state index contributed by atoms with van der Waals surface area (Å²) in [6, 6.07) is 1.62. The maximum Gasteiger partial charge on any atom is 0.303 e. The Bertz CT molecular complexity index is 1730. The summed E-state index contributed by atoms with van der Waals surface area (Å²) in [6.07, 6.45) is 2.54. The molecule has 1 aromatic heterocycles. The summed E-state index contributed by atoms with van der Waals surface area (Å²) in [5.74, 6) is -6.35. The molecule has 0 aliphatic heterocycles. The molecule has 2 unspecified atom stereocenters. The highest BCUT2D eigenvalue weighted by molar-refractivity contribution is 8.00. The Morgan fingerprint density at radius 3 is 2.11 bits per heavy atom. The van der Waals surface area contributed by atoms with Gasteiger partial charge >= 0.3 is 5.97 Å². The van der Waals surface area contributed by atoms with Crippen LogP contribution in [0.4, 0.5) is 0 Å². The second-order valence-electron chi connectivity index (χ2n) is 14.8. The van der Waals surface area contributed by atoms with Gasteiger partial charge < -0.3 is 48.1 Å². The molecule has 1 aromatic carbocycles. The topological polar surface area (TPSA) is 285 Å². The standard InChI is InChI=1S/C37H54N8O9S/c1-18(2)12-21-13-24(21)35(52)43-27(14-22-15-40-25-9-7-6-8-23(22)25)37(54)42-26(10-11-30(47)48)36(53)44-28(32(38)49)16-55-17-29(46)41-20(5)34(51)45-31(19(3)4)33(39)50/h6-9,15,18-21,24,26-28,31,40H,10-14,16-17H2,1-5H3,(H2,38,49)(H2,39,50)(H,41,46)(H,42,54)(H,43,52)(H,44,53)(H,45,51)(H,47,48)/t20?,21-,24?,26-,27-,28+,31-/m1/s1. The van der Waals surface area contributed by atoms with Gasteiger partial charge in [-0.15, -0.1) is 11.8 Å². The van der Waals surface area contributed by atoms with Crippen LogP contribution in [0.3, 0.4) is 0 Å². The summed E-state index contributed by atoms with van der Waals surface area (Å²) >= 11 is 0.923. The van der Waals surface area contributed by atoms with Gasteiger partial charge in [-0.1, -0.05) is 45.9 Å². The highest BCUT2D eigenvalue weighted by atomic mass is 32.2. The smallest absolute Gasteiger partial charge is 0.303 e. The van der Waals surface area contributed by atoms with Crippen LogP contribution in [0.25, 0.3) is 10.9 Å². The molecule has 11 N–H and O–H groups in total. The number of carboxylic acids is 1. The summed E-state index contributed by atoms with van der Waals surface area (Å²) in [6.45, 7) is 8.96. The number of carboxylic acid groups (broad SMARTS) is 1. The number of fused-ring (bicyclic) bond motifs is 1. The molecule has 1 saturated carbocycles. The van der Waals surface area contributed by atoms with Crippen LogP contribution < -0.4 is 38.1 Å². The number of rotatable bonds is 23. The van der Waals surface area contributed by atoms with Crippen molar-refractivity contribution in [3.8, 4) is 0 Å². The van der Waals surface area contributed by atoms with E-state index in [1.807, 2.05) is 24.3 Å². The zero-order valence-corrected chi connectivity index (χ0v) is 32.6. The van der Waals surface area contributed by atoms with Gasteiger partial charge in [-0.3, -0.25) is 38.4 Å². The van der Waals surface area contributed by atoms with Crippen molar-refractivity contribution in [2.75, 3.05) is 11.5 Å². The third-order valence-corrected chi connectivity index (χ3v) is 10.3. The van der Waals surface area contributed by atoms with Crippen molar-refractivity contribution in [3.05, 3.63) is 36.0 Å². The molecule has 302 valence electrons. The van der Waals surface area contributed by atoms with Crippen LogP contribution in [0.1, 0.15) is 65.9 Å². The van der Waals surface area contributed by atoms with Crippen molar-refractivity contribution in [1.82, 2.24) is 31.6 Å². The number of nitrogens with two attached hydrogens (primary N) is 2. The lowest BCUT2D eigenvalue weighted by Gasteiger charge is -2.25. The molecule has 7 atom stereocenters. The van der Waals surface area contributed by atoms with Gasteiger partial charge in [0.15, 0.2) is 0 Å². The summed E-state index contributed by atoms with van der Waals surface area (Å²) in [5, 5.41) is 23.1. The average molecular weight is 787 g/mol. The first-order chi connectivity index (χ1) is 25.9. The first-order valence-electron chi connectivity index (χ1n) is 18.3. The minimum absolute atomic E-state index is 0.0722. The van der Waals surface area contributed by atoms with E-state index in [0.29, 0.717) is 12.3 Å². The second kappa shape index (κ2) is 20.5. The lowest BCUT2D eigenvalue weighted by atomic mass is 10.0. The van der Waals surface area contributed by atoms with Crippen molar-refractivity contribution < 1.29 is 43.5 Å². The Hall–Kier alpha value is -5.13. The molecule has 0 saturated heterocycles. The zero-order chi connectivity index (χ0) is 41.0. The van der Waals surface area contributed by atoms with E-state index in [1.54, 1.807) is 20.0 Å². The lowest BCUT2D eigenvalue weighted by Crippen LogP contribution is -2.57. The summed E-state index contributed by atoms with van der Waals surface area (Å²) < 4.78 is 0. The number of nitrogens with one attached hydrogen (secondary N) is 6. The number of primary amides is 2. The van der Waals surface area contributed by atoms with Crippen LogP contribution in [0.15, 0.2) is 30.5 Å². The predicted octanol–water partition coefficient (Wildman–Crippen LogP) is 0.0611. The molecule has 7 amide bonds. The van der Waals surface area contributed by atoms with Gasteiger partial charge in [-0.05, 0) is 55.6 Å². The zero-order valence-electron chi connectivity index (χ0n) is 31.8. The number of carbonyl (C=O) groups excluding carboxylic acids is 7. The van der Waals surface area contributed by atoms with Gasteiger partial charge in [0.05, 0.1) is 5.75 Å². The maximum absolute atomic E-state index is 13.9. The Morgan fingerprint density at radius 2 is 1.49 bits per heavy atom. The van der Waals surface area contributed by atoms with Gasteiger partial charge in [0.2, 0.25) is 41.4 Å². The van der Waals surface area contributed by atoms with Crippen LogP contribution in [-0.4, -0.2) is 99.1 Å². The van der Waals surface area contributed by atoms with Gasteiger partial charge in [0.25, 0.3) is 0 Å². The molecule has 2 aromatic rings. The molecule has 18 heteroatoms. The summed E-state index contributed by atoms with van der Waals surface area (Å²) in [7, 11) is 0. The first kappa shape index (κ1) is 44.3. The largest absolute Gasteiger partial charge is 0.481 e. The molecule has 0 bridgehead atoms. The molecule has 17 nitrogen and oxygen atoms in total. The van der Waals surface area contributed by atoms with Crippen molar-refractivity contribution in [3.63, 3.8) is 0 Å². The fourth-order valence-electron chi connectivity index (χ4n) is 6.18. The van der Waals surface area contributed by atoms with E-state index in [0.717, 1.165) is 34.6 Å². The number of para-hydroxylation sites is 1. The van der Waals surface area contributed by atoms with Gasteiger partial charge in [-0.25, -0.2) is 0 Å². The normalized spacial score (nSPS) is 17.7. The Morgan fingerprint density at radius 1 is 0.836 bits per heavy atom. The maximum atomic E-state index is 13.9. The molecular formula is C37H54N8O9S. The number of amides is 7. The number of aliphatic carboxylic acids is 1. The van der Waals surface area contributed by atoms with E-state index in [4.69, 9.17) is 11.5 Å². The second-order valence-corrected chi connectivity index (χ2v) is 15.8. The lowest BCUT2D eigenvalue weighted by molar-refractivity contribution is -0.138. The number of H-pyrrole nitrogens is 1. The number of aromatic amines is 1. The molecular weight excluding hydrogens is 733 g/mol.